The fourth-order valence-corrected chi connectivity index (χ4v) is 5.63. The topological polar surface area (TPSA) is 76.2 Å². The molecule has 2 aliphatic rings. The van der Waals surface area contributed by atoms with Gasteiger partial charge in [0, 0.05) is 66.6 Å². The molecule has 1 amide bonds. The molecule has 1 unspecified atom stereocenters. The zero-order chi connectivity index (χ0) is 22.6. The van der Waals surface area contributed by atoms with Crippen LogP contribution in [-0.2, 0) is 25.9 Å². The lowest BCUT2D eigenvalue weighted by molar-refractivity contribution is 0.0764. The Morgan fingerprint density at radius 3 is 2.85 bits per heavy atom. The zero-order valence-corrected chi connectivity index (χ0v) is 19.9. The van der Waals surface area contributed by atoms with Crippen LogP contribution in [0.3, 0.4) is 0 Å². The molecule has 1 N–H and O–H groups in total. The number of aryl methyl sites for hydroxylation is 1. The predicted octanol–water partition coefficient (Wildman–Crippen LogP) is 3.78. The van der Waals surface area contributed by atoms with E-state index in [0.29, 0.717) is 12.2 Å². The van der Waals surface area contributed by atoms with Crippen LogP contribution in [0.25, 0.3) is 11.3 Å². The largest absolute Gasteiger partial charge is 0.356 e. The van der Waals surface area contributed by atoms with Crippen LogP contribution in [0.4, 0.5) is 0 Å². The second-order valence-electron chi connectivity index (χ2n) is 8.77. The molecule has 8 heteroatoms. The highest BCUT2D eigenvalue weighted by atomic mass is 32.2. The number of rotatable bonds is 7. The average molecular weight is 466 g/mol. The van der Waals surface area contributed by atoms with E-state index in [0.717, 1.165) is 79.4 Å². The second-order valence-corrected chi connectivity index (χ2v) is 10.00. The molecule has 0 bridgehead atoms. The number of nitrogens with zero attached hydrogens (tertiary/aromatic N) is 4. The summed E-state index contributed by atoms with van der Waals surface area (Å²) < 4.78 is 7.62. The number of hydrogen-bond acceptors (Lipinski definition) is 6. The molecule has 1 saturated heterocycles. The van der Waals surface area contributed by atoms with Gasteiger partial charge in [0.25, 0.3) is 5.91 Å². The molecule has 1 atom stereocenters. The predicted molar refractivity (Wildman–Crippen MR) is 130 cm³/mol. The minimum absolute atomic E-state index is 0.103. The quantitative estimate of drug-likeness (QED) is 0.572. The maximum absolute atomic E-state index is 13.3. The third-order valence-electron chi connectivity index (χ3n) is 6.47. The number of amides is 1. The van der Waals surface area contributed by atoms with Gasteiger partial charge in [0.05, 0.1) is 5.69 Å². The fourth-order valence-electron chi connectivity index (χ4n) is 4.73. The van der Waals surface area contributed by atoms with E-state index >= 15 is 0 Å². The number of thioether (sulfide) groups is 1. The third kappa shape index (κ3) is 4.87. The summed E-state index contributed by atoms with van der Waals surface area (Å²) in [6.45, 7) is 5.30. The first-order chi connectivity index (χ1) is 16.2. The Bertz CT molecular complexity index is 1090. The van der Waals surface area contributed by atoms with Crippen LogP contribution in [0.5, 0.6) is 0 Å². The maximum atomic E-state index is 13.3. The van der Waals surface area contributed by atoms with Crippen molar-refractivity contribution in [2.75, 3.05) is 24.6 Å². The summed E-state index contributed by atoms with van der Waals surface area (Å²) >= 11 is 1.92. The van der Waals surface area contributed by atoms with Crippen molar-refractivity contribution in [1.29, 1.82) is 0 Å². The molecule has 3 heterocycles. The van der Waals surface area contributed by atoms with E-state index < -0.39 is 0 Å². The molecule has 33 heavy (non-hydrogen) atoms. The number of benzene rings is 1. The number of carbonyl (C=O) groups excluding carboxylic acids is 1. The highest BCUT2D eigenvalue weighted by Crippen LogP contribution is 2.27. The van der Waals surface area contributed by atoms with Crippen LogP contribution in [0, 0.1) is 0 Å². The number of fused-ring (bicyclic) bond motifs is 1. The van der Waals surface area contributed by atoms with E-state index in [1.807, 2.05) is 53.1 Å². The molecule has 174 valence electrons. The molecule has 7 nitrogen and oxygen atoms in total. The SMILES string of the molecule is CCCn1nc(C(=O)N2CCSCC2)c2c1CCC(NCc1cc(-c3ccccc3)on1)C2. The molecule has 1 aliphatic carbocycles. The molecular weight excluding hydrogens is 434 g/mol. The molecule has 1 fully saturated rings. The van der Waals surface area contributed by atoms with Gasteiger partial charge >= 0.3 is 0 Å². The maximum Gasteiger partial charge on any atom is 0.274 e. The highest BCUT2D eigenvalue weighted by Gasteiger charge is 2.31. The molecule has 0 radical (unpaired) electrons. The van der Waals surface area contributed by atoms with Crippen molar-refractivity contribution in [1.82, 2.24) is 25.2 Å². The summed E-state index contributed by atoms with van der Waals surface area (Å²) in [5.74, 6) is 2.91. The van der Waals surface area contributed by atoms with Crippen molar-refractivity contribution in [2.24, 2.45) is 0 Å². The van der Waals surface area contributed by atoms with Crippen molar-refractivity contribution in [3.8, 4) is 11.3 Å². The Morgan fingerprint density at radius 2 is 2.06 bits per heavy atom. The monoisotopic (exact) mass is 465 g/mol. The summed E-state index contributed by atoms with van der Waals surface area (Å²) in [6.07, 6.45) is 3.81. The lowest BCUT2D eigenvalue weighted by Gasteiger charge is -2.27. The Hall–Kier alpha value is -2.58. The number of nitrogens with one attached hydrogen (secondary N) is 1. The minimum atomic E-state index is 0.103. The van der Waals surface area contributed by atoms with E-state index in [9.17, 15) is 4.79 Å². The average Bonchev–Trinajstić information content (AvgIpc) is 3.49. The Kier molecular flexibility index (Phi) is 6.83. The summed E-state index contributed by atoms with van der Waals surface area (Å²) in [7, 11) is 0. The summed E-state index contributed by atoms with van der Waals surface area (Å²) in [4.78, 5) is 15.3. The van der Waals surface area contributed by atoms with Gasteiger partial charge in [-0.15, -0.1) is 0 Å². The highest BCUT2D eigenvalue weighted by molar-refractivity contribution is 7.99. The van der Waals surface area contributed by atoms with Gasteiger partial charge in [0.2, 0.25) is 0 Å². The molecule has 3 aromatic rings. The molecular formula is C25H31N5O2S. The molecule has 2 aromatic heterocycles. The van der Waals surface area contributed by atoms with Crippen molar-refractivity contribution < 1.29 is 9.32 Å². The lowest BCUT2D eigenvalue weighted by atomic mass is 9.91. The Balaban J connectivity index is 1.28. The van der Waals surface area contributed by atoms with E-state index in [1.54, 1.807) is 0 Å². The zero-order valence-electron chi connectivity index (χ0n) is 19.1. The number of hydrogen-bond donors (Lipinski definition) is 1. The summed E-state index contributed by atoms with van der Waals surface area (Å²) in [5, 5.41) is 12.7. The molecule has 1 aliphatic heterocycles. The number of carbonyl (C=O) groups is 1. The van der Waals surface area contributed by atoms with Crippen LogP contribution in [-0.4, -0.2) is 56.4 Å². The van der Waals surface area contributed by atoms with Crippen LogP contribution in [0.15, 0.2) is 40.9 Å². The molecule has 1 aromatic carbocycles. The molecule has 5 rings (SSSR count). The standard InChI is InChI=1S/C25H31N5O2S/c1-2-10-30-22-9-8-19(15-21(22)24(27-30)25(31)29-11-13-33-14-12-29)26-17-20-16-23(32-28-20)18-6-4-3-5-7-18/h3-7,16,19,26H,2,8-15,17H2,1H3. The Morgan fingerprint density at radius 1 is 1.24 bits per heavy atom. The normalized spacial score (nSPS) is 18.3. The van der Waals surface area contributed by atoms with Gasteiger partial charge in [-0.05, 0) is 25.7 Å². The van der Waals surface area contributed by atoms with Gasteiger partial charge in [0.1, 0.15) is 0 Å². The first-order valence-electron chi connectivity index (χ1n) is 11.9. The van der Waals surface area contributed by atoms with Gasteiger partial charge in [-0.2, -0.15) is 16.9 Å². The van der Waals surface area contributed by atoms with Gasteiger partial charge in [0.15, 0.2) is 11.5 Å². The number of aromatic nitrogens is 3. The van der Waals surface area contributed by atoms with Crippen LogP contribution < -0.4 is 5.32 Å². The van der Waals surface area contributed by atoms with Crippen molar-refractivity contribution >= 4 is 17.7 Å². The van der Waals surface area contributed by atoms with E-state index in [4.69, 9.17) is 9.62 Å². The summed E-state index contributed by atoms with van der Waals surface area (Å²) in [6, 6.07) is 12.3. The lowest BCUT2D eigenvalue weighted by Crippen LogP contribution is -2.39. The van der Waals surface area contributed by atoms with E-state index in [1.165, 1.54) is 5.69 Å². The van der Waals surface area contributed by atoms with Crippen LogP contribution >= 0.6 is 11.8 Å². The van der Waals surface area contributed by atoms with Gasteiger partial charge < -0.3 is 14.7 Å². The van der Waals surface area contributed by atoms with Gasteiger partial charge in [-0.3, -0.25) is 9.48 Å². The first kappa shape index (κ1) is 22.2. The van der Waals surface area contributed by atoms with Crippen LogP contribution in [0.2, 0.25) is 0 Å². The van der Waals surface area contributed by atoms with Crippen LogP contribution in [0.1, 0.15) is 47.2 Å². The van der Waals surface area contributed by atoms with Crippen molar-refractivity contribution in [2.45, 2.75) is 51.7 Å². The van der Waals surface area contributed by atoms with E-state index in [2.05, 4.69) is 22.1 Å². The third-order valence-corrected chi connectivity index (χ3v) is 7.41. The first-order valence-corrected chi connectivity index (χ1v) is 13.1. The molecule has 0 spiro atoms. The minimum Gasteiger partial charge on any atom is -0.356 e. The van der Waals surface area contributed by atoms with E-state index in [-0.39, 0.29) is 11.9 Å². The van der Waals surface area contributed by atoms with Gasteiger partial charge in [-0.25, -0.2) is 0 Å². The molecule has 0 saturated carbocycles. The fraction of sp³-hybridized carbons (Fsp3) is 0.480. The van der Waals surface area contributed by atoms with Crippen molar-refractivity contribution in [3.63, 3.8) is 0 Å². The van der Waals surface area contributed by atoms with Gasteiger partial charge in [-0.1, -0.05) is 42.4 Å². The second kappa shape index (κ2) is 10.1. The van der Waals surface area contributed by atoms with Crippen molar-refractivity contribution in [3.05, 3.63) is 59.0 Å². The Labute approximate surface area is 198 Å². The smallest absolute Gasteiger partial charge is 0.274 e. The summed E-state index contributed by atoms with van der Waals surface area (Å²) in [5.41, 5.74) is 4.98.